The minimum Gasteiger partial charge on any atom is -0.351 e. The molecule has 0 bridgehead atoms. The molecule has 0 heterocycles. The monoisotopic (exact) mass is 236 g/mol. The number of alkyl halides is 3. The Morgan fingerprint density at radius 3 is 2.50 bits per heavy atom. The lowest BCUT2D eigenvalue weighted by atomic mass is 10.2. The van der Waals surface area contributed by atoms with Gasteiger partial charge in [0, 0.05) is 6.54 Å². The number of halogens is 3. The highest BCUT2D eigenvalue weighted by molar-refractivity contribution is 5.81. The van der Waals surface area contributed by atoms with Crippen molar-refractivity contribution in [2.45, 2.75) is 37.5 Å². The van der Waals surface area contributed by atoms with E-state index in [1.54, 1.807) is 0 Å². The highest BCUT2D eigenvalue weighted by Crippen LogP contribution is 2.49. The van der Waals surface area contributed by atoms with Crippen molar-refractivity contribution >= 4 is 5.91 Å². The van der Waals surface area contributed by atoms with Gasteiger partial charge in [0.25, 0.3) is 0 Å². The van der Waals surface area contributed by atoms with Gasteiger partial charge in [-0.25, -0.2) is 0 Å². The molecule has 1 rings (SSSR count). The van der Waals surface area contributed by atoms with Crippen LogP contribution in [0.1, 0.15) is 19.8 Å². The van der Waals surface area contributed by atoms with E-state index in [0.717, 1.165) is 0 Å². The Hall–Kier alpha value is -1.04. The molecule has 1 amide bonds. The molecule has 1 atom stereocenters. The van der Waals surface area contributed by atoms with Gasteiger partial charge in [-0.3, -0.25) is 10.1 Å². The molecule has 1 fully saturated rings. The summed E-state index contributed by atoms with van der Waals surface area (Å²) >= 11 is 0. The largest absolute Gasteiger partial charge is 0.406 e. The van der Waals surface area contributed by atoms with E-state index in [4.69, 9.17) is 0 Å². The van der Waals surface area contributed by atoms with Crippen molar-refractivity contribution in [2.75, 3.05) is 6.54 Å². The van der Waals surface area contributed by atoms with E-state index in [0.29, 0.717) is 0 Å². The van der Waals surface area contributed by atoms with Crippen LogP contribution in [0.2, 0.25) is 0 Å². The van der Waals surface area contributed by atoms with Gasteiger partial charge in [0.1, 0.15) is 5.54 Å². The molecule has 1 aliphatic carbocycles. The minimum absolute atomic E-state index is 0.0373. The molecule has 1 unspecified atom stereocenters. The van der Waals surface area contributed by atoms with Crippen molar-refractivity contribution in [1.29, 1.82) is 0 Å². The molecule has 2 N–H and O–H groups in total. The van der Waals surface area contributed by atoms with Gasteiger partial charge >= 0.3 is 6.18 Å². The summed E-state index contributed by atoms with van der Waals surface area (Å²) in [6.45, 7) is 5.08. The smallest absolute Gasteiger partial charge is 0.351 e. The second-order valence-electron chi connectivity index (χ2n) is 3.98. The van der Waals surface area contributed by atoms with Crippen molar-refractivity contribution in [3.63, 3.8) is 0 Å². The molecular formula is C10H15F3N2O. The molecule has 0 saturated heterocycles. The normalized spacial score (nSPS) is 20.0. The summed E-state index contributed by atoms with van der Waals surface area (Å²) < 4.78 is 37.7. The second-order valence-corrected chi connectivity index (χ2v) is 3.98. The Balaban J connectivity index is 2.48. The Kier molecular flexibility index (Phi) is 3.62. The second kappa shape index (κ2) is 4.45. The Morgan fingerprint density at radius 1 is 1.56 bits per heavy atom. The Bertz CT molecular complexity index is 284. The molecule has 3 nitrogen and oxygen atoms in total. The van der Waals surface area contributed by atoms with Gasteiger partial charge < -0.3 is 5.32 Å². The summed E-state index contributed by atoms with van der Waals surface area (Å²) in [5.74, 6) is -0.449. The predicted molar refractivity (Wildman–Crippen MR) is 53.8 cm³/mol. The maximum absolute atomic E-state index is 12.6. The van der Waals surface area contributed by atoms with Gasteiger partial charge in [-0.2, -0.15) is 13.2 Å². The third kappa shape index (κ3) is 2.75. The molecule has 6 heteroatoms. The zero-order valence-electron chi connectivity index (χ0n) is 9.03. The van der Waals surface area contributed by atoms with Gasteiger partial charge in [0.05, 0.1) is 6.04 Å². The topological polar surface area (TPSA) is 41.1 Å². The maximum atomic E-state index is 12.6. The zero-order valence-corrected chi connectivity index (χ0v) is 9.03. The van der Waals surface area contributed by atoms with E-state index in [1.807, 2.05) is 0 Å². The van der Waals surface area contributed by atoms with Crippen LogP contribution in [0.25, 0.3) is 0 Å². The number of hydrogen-bond acceptors (Lipinski definition) is 2. The lowest BCUT2D eigenvalue weighted by molar-refractivity contribution is -0.168. The van der Waals surface area contributed by atoms with Gasteiger partial charge in [0.2, 0.25) is 5.91 Å². The molecule has 0 spiro atoms. The van der Waals surface area contributed by atoms with E-state index in [1.165, 1.54) is 13.0 Å². The molecule has 0 aliphatic heterocycles. The highest BCUT2D eigenvalue weighted by Gasteiger charge is 2.63. The fraction of sp³-hybridized carbons (Fsp3) is 0.700. The van der Waals surface area contributed by atoms with E-state index in [-0.39, 0.29) is 19.4 Å². The van der Waals surface area contributed by atoms with Gasteiger partial charge in [0.15, 0.2) is 0 Å². The number of nitrogens with one attached hydrogen (secondary N) is 2. The SMILES string of the molecule is C=CCNC(=O)C(C)NC1(C(F)(F)F)CC1. The maximum Gasteiger partial charge on any atom is 0.406 e. The van der Waals surface area contributed by atoms with Crippen LogP contribution in [0.15, 0.2) is 12.7 Å². The van der Waals surface area contributed by atoms with Crippen LogP contribution in [0.4, 0.5) is 13.2 Å². The number of rotatable bonds is 5. The summed E-state index contributed by atoms with van der Waals surface area (Å²) in [6.07, 6.45) is -2.74. The number of carbonyl (C=O) groups is 1. The lowest BCUT2D eigenvalue weighted by Crippen LogP contribution is -2.53. The summed E-state index contributed by atoms with van der Waals surface area (Å²) in [5.41, 5.74) is -1.85. The average molecular weight is 236 g/mol. The first-order chi connectivity index (χ1) is 7.32. The molecule has 16 heavy (non-hydrogen) atoms. The highest BCUT2D eigenvalue weighted by atomic mass is 19.4. The number of hydrogen-bond donors (Lipinski definition) is 2. The van der Waals surface area contributed by atoms with Crippen LogP contribution in [-0.2, 0) is 4.79 Å². The first kappa shape index (κ1) is 13.0. The molecule has 0 aromatic carbocycles. The first-order valence-corrected chi connectivity index (χ1v) is 5.05. The van der Waals surface area contributed by atoms with E-state index in [9.17, 15) is 18.0 Å². The number of amides is 1. The molecule has 1 saturated carbocycles. The summed E-state index contributed by atoms with van der Waals surface area (Å²) in [4.78, 5) is 11.3. The lowest BCUT2D eigenvalue weighted by Gasteiger charge is -2.24. The fourth-order valence-electron chi connectivity index (χ4n) is 1.44. The van der Waals surface area contributed by atoms with Crippen molar-refractivity contribution in [3.05, 3.63) is 12.7 Å². The average Bonchev–Trinajstić information content (AvgIpc) is 2.94. The molecule has 92 valence electrons. The van der Waals surface area contributed by atoms with Crippen LogP contribution in [-0.4, -0.2) is 30.2 Å². The molecule has 0 aromatic heterocycles. The predicted octanol–water partition coefficient (Wildman–Crippen LogP) is 1.36. The van der Waals surface area contributed by atoms with Crippen LogP contribution in [0, 0.1) is 0 Å². The Morgan fingerprint density at radius 2 is 2.12 bits per heavy atom. The summed E-state index contributed by atoms with van der Waals surface area (Å²) in [5, 5.41) is 4.79. The van der Waals surface area contributed by atoms with Crippen molar-refractivity contribution in [2.24, 2.45) is 0 Å². The molecule has 0 radical (unpaired) electrons. The van der Waals surface area contributed by atoms with Crippen molar-refractivity contribution < 1.29 is 18.0 Å². The number of carbonyl (C=O) groups excluding carboxylic acids is 1. The van der Waals surface area contributed by atoms with Gasteiger partial charge in [-0.05, 0) is 19.8 Å². The third-order valence-electron chi connectivity index (χ3n) is 2.60. The van der Waals surface area contributed by atoms with E-state index < -0.39 is 23.7 Å². The first-order valence-electron chi connectivity index (χ1n) is 5.05. The molecule has 1 aliphatic rings. The zero-order chi connectivity index (χ0) is 12.4. The minimum atomic E-state index is -4.29. The van der Waals surface area contributed by atoms with E-state index in [2.05, 4.69) is 17.2 Å². The van der Waals surface area contributed by atoms with Crippen LogP contribution >= 0.6 is 0 Å². The third-order valence-corrected chi connectivity index (χ3v) is 2.60. The van der Waals surface area contributed by atoms with Gasteiger partial charge in [-0.1, -0.05) is 6.08 Å². The molecule has 0 aromatic rings. The summed E-state index contributed by atoms with van der Waals surface area (Å²) in [6, 6.07) is -0.857. The Labute approximate surface area is 92.1 Å². The van der Waals surface area contributed by atoms with Gasteiger partial charge in [-0.15, -0.1) is 6.58 Å². The van der Waals surface area contributed by atoms with Crippen molar-refractivity contribution in [1.82, 2.24) is 10.6 Å². The van der Waals surface area contributed by atoms with Crippen LogP contribution in [0.5, 0.6) is 0 Å². The quantitative estimate of drug-likeness (QED) is 0.708. The van der Waals surface area contributed by atoms with Crippen LogP contribution < -0.4 is 10.6 Å². The molecular weight excluding hydrogens is 221 g/mol. The fourth-order valence-corrected chi connectivity index (χ4v) is 1.44. The van der Waals surface area contributed by atoms with Crippen LogP contribution in [0.3, 0.4) is 0 Å². The summed E-state index contributed by atoms with van der Waals surface area (Å²) in [7, 11) is 0. The standard InChI is InChI=1S/C10H15F3N2O/c1-3-6-14-8(16)7(2)15-9(4-5-9)10(11,12)13/h3,7,15H,1,4-6H2,2H3,(H,14,16). The van der Waals surface area contributed by atoms with E-state index >= 15 is 0 Å². The van der Waals surface area contributed by atoms with Crippen molar-refractivity contribution in [3.8, 4) is 0 Å².